The number of thiocarbonyl (C=S) groups is 1. The summed E-state index contributed by atoms with van der Waals surface area (Å²) in [5, 5.41) is 33.3. The van der Waals surface area contributed by atoms with Crippen molar-refractivity contribution in [3.63, 3.8) is 0 Å². The topological polar surface area (TPSA) is 136 Å². The highest BCUT2D eigenvalue weighted by atomic mass is 32.1. The van der Waals surface area contributed by atoms with Gasteiger partial charge in [0.2, 0.25) is 0 Å². The molecule has 1 aromatic carbocycles. The molecule has 0 saturated heterocycles. The van der Waals surface area contributed by atoms with Gasteiger partial charge in [-0.25, -0.2) is 4.79 Å². The first-order valence-electron chi connectivity index (χ1n) is 5.37. The Bertz CT molecular complexity index is 635. The second kappa shape index (κ2) is 6.52. The molecule has 0 unspecified atom stereocenters. The van der Waals surface area contributed by atoms with E-state index in [0.29, 0.717) is 11.1 Å². The summed E-state index contributed by atoms with van der Waals surface area (Å²) in [6, 6.07) is 1.47. The number of hydrogen-bond donors (Lipinski definition) is 2. The zero-order valence-electron chi connectivity index (χ0n) is 10.6. The van der Waals surface area contributed by atoms with Gasteiger partial charge in [0.05, 0.1) is 32.0 Å². The standard InChI is InChI=1S/C11H9N3O6S/c1-6(21)12-3-2-8-9(11(15)16)4-7(13(17)18)5-10(8)14(19)20/h2-5H,1H3,(H,12,21)(H,15,16)/b3-2-. The first kappa shape index (κ1) is 16.2. The smallest absolute Gasteiger partial charge is 0.336 e. The lowest BCUT2D eigenvalue weighted by molar-refractivity contribution is -0.394. The lowest BCUT2D eigenvalue weighted by atomic mass is 10.0. The highest BCUT2D eigenvalue weighted by Crippen LogP contribution is 2.29. The Morgan fingerprint density at radius 2 is 1.95 bits per heavy atom. The Kier molecular flexibility index (Phi) is 5.02. The molecule has 10 heteroatoms. The highest BCUT2D eigenvalue weighted by molar-refractivity contribution is 7.80. The minimum atomic E-state index is -1.51. The molecule has 0 saturated carbocycles. The predicted molar refractivity (Wildman–Crippen MR) is 77.2 cm³/mol. The van der Waals surface area contributed by atoms with Crippen LogP contribution in [0.1, 0.15) is 22.8 Å². The van der Waals surface area contributed by atoms with Crippen molar-refractivity contribution >= 4 is 40.6 Å². The summed E-state index contributed by atoms with van der Waals surface area (Å²) in [7, 11) is 0. The summed E-state index contributed by atoms with van der Waals surface area (Å²) < 4.78 is 0. The molecule has 0 atom stereocenters. The Labute approximate surface area is 123 Å². The molecule has 110 valence electrons. The number of nitrogens with one attached hydrogen (secondary N) is 1. The maximum atomic E-state index is 11.1. The van der Waals surface area contributed by atoms with Crippen LogP contribution in [0.2, 0.25) is 0 Å². The number of nitro benzene ring substituents is 2. The van der Waals surface area contributed by atoms with Crippen LogP contribution in [0.3, 0.4) is 0 Å². The molecule has 0 aliphatic rings. The van der Waals surface area contributed by atoms with E-state index in [-0.39, 0.29) is 5.56 Å². The van der Waals surface area contributed by atoms with Crippen LogP contribution in [-0.4, -0.2) is 25.9 Å². The molecule has 0 aromatic heterocycles. The molecule has 1 rings (SSSR count). The summed E-state index contributed by atoms with van der Waals surface area (Å²) in [6.07, 6.45) is 2.35. The maximum Gasteiger partial charge on any atom is 0.336 e. The number of carbonyl (C=O) groups is 1. The zero-order valence-corrected chi connectivity index (χ0v) is 11.4. The number of carboxylic acid groups (broad SMARTS) is 1. The minimum Gasteiger partial charge on any atom is -0.478 e. The Hall–Kier alpha value is -2.88. The van der Waals surface area contributed by atoms with E-state index in [1.165, 1.54) is 6.20 Å². The van der Waals surface area contributed by atoms with Crippen molar-refractivity contribution in [2.45, 2.75) is 6.92 Å². The van der Waals surface area contributed by atoms with Crippen molar-refractivity contribution < 1.29 is 19.7 Å². The fraction of sp³-hybridized carbons (Fsp3) is 0.0909. The van der Waals surface area contributed by atoms with Gasteiger partial charge >= 0.3 is 5.97 Å². The molecule has 9 nitrogen and oxygen atoms in total. The van der Waals surface area contributed by atoms with Crippen LogP contribution in [-0.2, 0) is 0 Å². The van der Waals surface area contributed by atoms with Crippen LogP contribution in [0.4, 0.5) is 11.4 Å². The largest absolute Gasteiger partial charge is 0.478 e. The summed E-state index contributed by atoms with van der Waals surface area (Å²) in [4.78, 5) is 31.4. The third-order valence-corrected chi connectivity index (χ3v) is 2.44. The fourth-order valence-electron chi connectivity index (χ4n) is 1.47. The van der Waals surface area contributed by atoms with Gasteiger partial charge in [-0.15, -0.1) is 0 Å². The fourth-order valence-corrected chi connectivity index (χ4v) is 1.54. The van der Waals surface area contributed by atoms with E-state index in [0.717, 1.165) is 12.1 Å². The monoisotopic (exact) mass is 311 g/mol. The molecule has 0 spiro atoms. The molecule has 0 bridgehead atoms. The van der Waals surface area contributed by atoms with Crippen LogP contribution in [0, 0.1) is 20.2 Å². The number of non-ortho nitro benzene ring substituents is 1. The molecule has 0 amide bonds. The molecule has 2 N–H and O–H groups in total. The molecule has 0 aliphatic heterocycles. The normalized spacial score (nSPS) is 10.3. The molecule has 0 fully saturated rings. The van der Waals surface area contributed by atoms with Gasteiger partial charge in [0.1, 0.15) is 0 Å². The number of nitro groups is 2. The lowest BCUT2D eigenvalue weighted by Crippen LogP contribution is -2.10. The number of aromatic carboxylic acids is 1. The first-order valence-corrected chi connectivity index (χ1v) is 5.78. The molecule has 0 aliphatic carbocycles. The number of hydrogen-bond acceptors (Lipinski definition) is 6. The average Bonchev–Trinajstić information content (AvgIpc) is 2.37. The summed E-state index contributed by atoms with van der Waals surface area (Å²) in [5.74, 6) is -1.51. The Morgan fingerprint density at radius 3 is 2.38 bits per heavy atom. The number of carboxylic acids is 1. The van der Waals surface area contributed by atoms with Crippen LogP contribution >= 0.6 is 12.2 Å². The Balaban J connectivity index is 3.53. The van der Waals surface area contributed by atoms with Crippen LogP contribution in [0.15, 0.2) is 18.3 Å². The molecule has 0 heterocycles. The van der Waals surface area contributed by atoms with Crippen molar-refractivity contribution in [1.82, 2.24) is 5.32 Å². The van der Waals surface area contributed by atoms with Gasteiger partial charge in [0, 0.05) is 12.3 Å². The van der Waals surface area contributed by atoms with Gasteiger partial charge in [-0.2, -0.15) is 0 Å². The van der Waals surface area contributed by atoms with Gasteiger partial charge in [-0.05, 0) is 13.0 Å². The number of rotatable bonds is 5. The second-order valence-electron chi connectivity index (χ2n) is 3.78. The summed E-state index contributed by atoms with van der Waals surface area (Å²) in [5.41, 5.74) is -2.16. The van der Waals surface area contributed by atoms with E-state index in [9.17, 15) is 25.0 Å². The third kappa shape index (κ3) is 4.04. The maximum absolute atomic E-state index is 11.1. The van der Waals surface area contributed by atoms with Crippen molar-refractivity contribution in [2.75, 3.05) is 0 Å². The van der Waals surface area contributed by atoms with Crippen molar-refractivity contribution in [2.24, 2.45) is 0 Å². The molecule has 1 aromatic rings. The average molecular weight is 311 g/mol. The highest BCUT2D eigenvalue weighted by Gasteiger charge is 2.25. The van der Waals surface area contributed by atoms with Crippen molar-refractivity contribution in [1.29, 1.82) is 0 Å². The van der Waals surface area contributed by atoms with Crippen molar-refractivity contribution in [3.05, 3.63) is 49.7 Å². The van der Waals surface area contributed by atoms with Gasteiger partial charge in [-0.1, -0.05) is 12.2 Å². The van der Waals surface area contributed by atoms with Crippen LogP contribution in [0.5, 0.6) is 0 Å². The molecule has 21 heavy (non-hydrogen) atoms. The third-order valence-electron chi connectivity index (χ3n) is 2.32. The quantitative estimate of drug-likeness (QED) is 0.479. The molecular formula is C11H9N3O6S. The summed E-state index contributed by atoms with van der Waals surface area (Å²) >= 11 is 4.73. The SMILES string of the molecule is CC(=S)N/C=C\c1c(C(=O)O)cc([N+](=O)[O-])cc1[N+](=O)[O-]. The van der Waals surface area contributed by atoms with E-state index < -0.39 is 32.8 Å². The second-order valence-corrected chi connectivity index (χ2v) is 4.39. The molecule has 0 radical (unpaired) electrons. The molecular weight excluding hydrogens is 302 g/mol. The zero-order chi connectivity index (χ0) is 16.2. The van der Waals surface area contributed by atoms with E-state index in [2.05, 4.69) is 5.32 Å². The van der Waals surface area contributed by atoms with Crippen LogP contribution < -0.4 is 5.32 Å². The van der Waals surface area contributed by atoms with Crippen molar-refractivity contribution in [3.8, 4) is 0 Å². The summed E-state index contributed by atoms with van der Waals surface area (Å²) in [6.45, 7) is 1.56. The number of benzene rings is 1. The van der Waals surface area contributed by atoms with E-state index in [1.807, 2.05) is 0 Å². The number of nitrogens with zero attached hydrogens (tertiary/aromatic N) is 2. The van der Waals surface area contributed by atoms with Gasteiger partial charge < -0.3 is 10.4 Å². The predicted octanol–water partition coefficient (Wildman–Crippen LogP) is 2.11. The van der Waals surface area contributed by atoms with Gasteiger partial charge in [0.15, 0.2) is 0 Å². The lowest BCUT2D eigenvalue weighted by Gasteiger charge is -2.04. The van der Waals surface area contributed by atoms with E-state index in [4.69, 9.17) is 17.3 Å². The van der Waals surface area contributed by atoms with E-state index in [1.54, 1.807) is 6.92 Å². The van der Waals surface area contributed by atoms with Gasteiger partial charge in [0.25, 0.3) is 11.4 Å². The van der Waals surface area contributed by atoms with Crippen LogP contribution in [0.25, 0.3) is 6.08 Å². The van der Waals surface area contributed by atoms with E-state index >= 15 is 0 Å². The Morgan fingerprint density at radius 1 is 1.33 bits per heavy atom. The minimum absolute atomic E-state index is 0.262. The van der Waals surface area contributed by atoms with Gasteiger partial charge in [-0.3, -0.25) is 20.2 Å². The first-order chi connectivity index (χ1) is 9.73.